The number of nitrogens with zero attached hydrogens (tertiary/aromatic N) is 2. The molecule has 0 spiro atoms. The number of H-pyrrole nitrogens is 1. The first kappa shape index (κ1) is 16.1. The zero-order valence-corrected chi connectivity index (χ0v) is 12.7. The van der Waals surface area contributed by atoms with Crippen LogP contribution in [-0.2, 0) is 4.74 Å². The number of nitrogens with one attached hydrogen (secondary N) is 1. The Morgan fingerprint density at radius 1 is 1.48 bits per heavy atom. The first-order valence-electron chi connectivity index (χ1n) is 6.79. The summed E-state index contributed by atoms with van der Waals surface area (Å²) in [4.78, 5) is 17.9. The van der Waals surface area contributed by atoms with Gasteiger partial charge in [0.15, 0.2) is 6.23 Å². The topological polar surface area (TPSA) is 121 Å². The van der Waals surface area contributed by atoms with E-state index in [9.17, 15) is 19.4 Å². The molecule has 10 heteroatoms. The number of aromatic nitrogens is 3. The van der Waals surface area contributed by atoms with E-state index in [1.807, 2.05) is 0 Å². The monoisotopic (exact) mass is 343 g/mol. The summed E-state index contributed by atoms with van der Waals surface area (Å²) >= 11 is 5.07. The SMILES string of the molecule is Cc1c(F)c2cn([C@@H]3O[C@H](CO)C(O)C3O)c(=S)nc2[nH]c1=O. The summed E-state index contributed by atoms with van der Waals surface area (Å²) in [6, 6.07) is 0. The maximum atomic E-state index is 14.3. The molecule has 0 radical (unpaired) electrons. The number of ether oxygens (including phenoxy) is 1. The predicted octanol–water partition coefficient (Wildman–Crippen LogP) is -0.487. The molecule has 0 bridgehead atoms. The van der Waals surface area contributed by atoms with Crippen molar-refractivity contribution in [1.29, 1.82) is 0 Å². The van der Waals surface area contributed by atoms with Crippen LogP contribution in [0.1, 0.15) is 11.8 Å². The first-order valence-corrected chi connectivity index (χ1v) is 7.19. The Labute approximate surface area is 133 Å². The lowest BCUT2D eigenvalue weighted by Gasteiger charge is -2.19. The summed E-state index contributed by atoms with van der Waals surface area (Å²) < 4.78 is 20.7. The van der Waals surface area contributed by atoms with E-state index in [2.05, 4.69) is 9.97 Å². The molecule has 4 atom stereocenters. The van der Waals surface area contributed by atoms with Crippen LogP contribution < -0.4 is 5.56 Å². The number of pyridine rings is 1. The van der Waals surface area contributed by atoms with E-state index in [4.69, 9.17) is 22.1 Å². The summed E-state index contributed by atoms with van der Waals surface area (Å²) in [6.07, 6.45) is -3.55. The van der Waals surface area contributed by atoms with Crippen LogP contribution >= 0.6 is 12.2 Å². The van der Waals surface area contributed by atoms with Crippen LogP contribution in [0.5, 0.6) is 0 Å². The van der Waals surface area contributed by atoms with E-state index in [-0.39, 0.29) is 21.4 Å². The normalized spacial score (nSPS) is 27.7. The minimum atomic E-state index is -1.37. The van der Waals surface area contributed by atoms with Crippen molar-refractivity contribution in [2.45, 2.75) is 31.5 Å². The average molecular weight is 343 g/mol. The van der Waals surface area contributed by atoms with Gasteiger partial charge in [-0.2, -0.15) is 0 Å². The van der Waals surface area contributed by atoms with Gasteiger partial charge in [0.1, 0.15) is 29.8 Å². The third-order valence-corrected chi connectivity index (χ3v) is 4.18. The number of aliphatic hydroxyl groups is 3. The quantitative estimate of drug-likeness (QED) is 0.543. The number of rotatable bonds is 2. The minimum Gasteiger partial charge on any atom is -0.394 e. The van der Waals surface area contributed by atoms with Gasteiger partial charge >= 0.3 is 0 Å². The number of hydrogen-bond acceptors (Lipinski definition) is 7. The number of hydrogen-bond donors (Lipinski definition) is 4. The summed E-state index contributed by atoms with van der Waals surface area (Å²) in [6.45, 7) is 0.829. The molecule has 2 aromatic rings. The van der Waals surface area contributed by atoms with Gasteiger partial charge in [-0.1, -0.05) is 0 Å². The fraction of sp³-hybridized carbons (Fsp3) is 0.462. The number of aliphatic hydroxyl groups excluding tert-OH is 3. The molecule has 4 N–H and O–H groups in total. The average Bonchev–Trinajstić information content (AvgIpc) is 2.80. The Morgan fingerprint density at radius 3 is 2.78 bits per heavy atom. The van der Waals surface area contributed by atoms with E-state index >= 15 is 0 Å². The molecule has 0 amide bonds. The fourth-order valence-electron chi connectivity index (χ4n) is 2.52. The van der Waals surface area contributed by atoms with Crippen LogP contribution in [0.4, 0.5) is 4.39 Å². The summed E-state index contributed by atoms with van der Waals surface area (Å²) in [5.74, 6) is -0.758. The molecule has 1 saturated heterocycles. The molecule has 2 aromatic heterocycles. The van der Waals surface area contributed by atoms with Crippen molar-refractivity contribution in [1.82, 2.24) is 14.5 Å². The smallest absolute Gasteiger partial charge is 0.255 e. The molecule has 2 unspecified atom stereocenters. The Morgan fingerprint density at radius 2 is 2.17 bits per heavy atom. The Bertz CT molecular complexity index is 882. The lowest BCUT2D eigenvalue weighted by molar-refractivity contribution is -0.0539. The fourth-order valence-corrected chi connectivity index (χ4v) is 2.77. The molecule has 3 rings (SSSR count). The molecular formula is C13H14FN3O5S. The molecule has 3 heterocycles. The number of halogens is 1. The predicted molar refractivity (Wildman–Crippen MR) is 78.9 cm³/mol. The molecule has 0 aromatic carbocycles. The molecule has 1 fully saturated rings. The van der Waals surface area contributed by atoms with E-state index in [0.717, 1.165) is 0 Å². The lowest BCUT2D eigenvalue weighted by atomic mass is 10.1. The van der Waals surface area contributed by atoms with Crippen molar-refractivity contribution in [3.63, 3.8) is 0 Å². The van der Waals surface area contributed by atoms with Crippen LogP contribution in [0.2, 0.25) is 0 Å². The zero-order chi connectivity index (χ0) is 16.9. The summed E-state index contributed by atoms with van der Waals surface area (Å²) in [5, 5.41) is 29.0. The highest BCUT2D eigenvalue weighted by molar-refractivity contribution is 7.71. The highest BCUT2D eigenvalue weighted by atomic mass is 32.1. The van der Waals surface area contributed by atoms with Gasteiger partial charge < -0.3 is 25.0 Å². The Kier molecular flexibility index (Phi) is 4.02. The van der Waals surface area contributed by atoms with Gasteiger partial charge in [0.2, 0.25) is 4.77 Å². The van der Waals surface area contributed by atoms with Gasteiger partial charge in [0, 0.05) is 6.20 Å². The van der Waals surface area contributed by atoms with E-state index < -0.39 is 42.5 Å². The molecule has 8 nitrogen and oxygen atoms in total. The highest BCUT2D eigenvalue weighted by Gasteiger charge is 2.43. The van der Waals surface area contributed by atoms with Crippen LogP contribution in [0.25, 0.3) is 11.0 Å². The zero-order valence-electron chi connectivity index (χ0n) is 11.9. The van der Waals surface area contributed by atoms with Crippen LogP contribution in [0.15, 0.2) is 11.0 Å². The molecule has 23 heavy (non-hydrogen) atoms. The van der Waals surface area contributed by atoms with Gasteiger partial charge in [0.25, 0.3) is 5.56 Å². The summed E-state index contributed by atoms with van der Waals surface area (Å²) in [5.41, 5.74) is -0.738. The van der Waals surface area contributed by atoms with Crippen molar-refractivity contribution in [2.75, 3.05) is 6.61 Å². The summed E-state index contributed by atoms with van der Waals surface area (Å²) in [7, 11) is 0. The standard InChI is InChI=1S/C13H14FN3O5S/c1-4-7(14)5-2-17(13(23)16-10(5)15-11(4)21)12-9(20)8(19)6(3-18)22-12/h2,6,8-9,12,18-20H,3H2,1H3,(H,15,16,21,23)/t6-,8?,9?,12-/m1/s1. The first-order chi connectivity index (χ1) is 10.8. The molecule has 1 aliphatic heterocycles. The maximum Gasteiger partial charge on any atom is 0.255 e. The molecular weight excluding hydrogens is 329 g/mol. The molecule has 1 aliphatic rings. The van der Waals surface area contributed by atoms with Gasteiger partial charge in [-0.15, -0.1) is 0 Å². The third kappa shape index (κ3) is 2.48. The van der Waals surface area contributed by atoms with E-state index in [1.54, 1.807) is 0 Å². The second kappa shape index (κ2) is 5.73. The third-order valence-electron chi connectivity index (χ3n) is 3.88. The second-order valence-corrected chi connectivity index (χ2v) is 5.68. The van der Waals surface area contributed by atoms with E-state index in [1.165, 1.54) is 17.7 Å². The van der Waals surface area contributed by atoms with Gasteiger partial charge in [0.05, 0.1) is 17.6 Å². The molecule has 0 saturated carbocycles. The number of fused-ring (bicyclic) bond motifs is 1. The van der Waals surface area contributed by atoms with Crippen molar-refractivity contribution < 1.29 is 24.4 Å². The van der Waals surface area contributed by atoms with Crippen molar-refractivity contribution in [2.24, 2.45) is 0 Å². The largest absolute Gasteiger partial charge is 0.394 e. The van der Waals surface area contributed by atoms with E-state index in [0.29, 0.717) is 0 Å². The Balaban J connectivity index is 2.18. The maximum absolute atomic E-state index is 14.3. The van der Waals surface area contributed by atoms with Crippen LogP contribution in [-0.4, -0.2) is 54.8 Å². The Hall–Kier alpha value is -1.72. The van der Waals surface area contributed by atoms with Crippen molar-refractivity contribution >= 4 is 23.3 Å². The van der Waals surface area contributed by atoms with Gasteiger partial charge in [-0.25, -0.2) is 9.37 Å². The van der Waals surface area contributed by atoms with Gasteiger partial charge in [-0.3, -0.25) is 9.36 Å². The molecule has 124 valence electrons. The highest BCUT2D eigenvalue weighted by Crippen LogP contribution is 2.30. The minimum absolute atomic E-state index is 0.00608. The second-order valence-electron chi connectivity index (χ2n) is 5.31. The van der Waals surface area contributed by atoms with Crippen molar-refractivity contribution in [3.05, 3.63) is 32.7 Å². The van der Waals surface area contributed by atoms with Gasteiger partial charge in [-0.05, 0) is 19.1 Å². The van der Waals surface area contributed by atoms with Crippen LogP contribution in [0, 0.1) is 17.5 Å². The molecule has 0 aliphatic carbocycles. The lowest BCUT2D eigenvalue weighted by Crippen LogP contribution is -2.33. The number of aromatic amines is 1. The van der Waals surface area contributed by atoms with Crippen molar-refractivity contribution in [3.8, 4) is 0 Å². The van der Waals surface area contributed by atoms with Crippen LogP contribution in [0.3, 0.4) is 0 Å².